The van der Waals surface area contributed by atoms with Gasteiger partial charge in [0.25, 0.3) is 5.91 Å². The lowest BCUT2D eigenvalue weighted by molar-refractivity contribution is -0.151. The van der Waals surface area contributed by atoms with Crippen LogP contribution in [0.2, 0.25) is 0 Å². The van der Waals surface area contributed by atoms with Gasteiger partial charge < -0.3 is 46.5 Å². The predicted molar refractivity (Wildman–Crippen MR) is 105 cm³/mol. The number of ether oxygens (including phenoxy) is 2. The summed E-state index contributed by atoms with van der Waals surface area (Å²) in [7, 11) is 0. The molecule has 0 aliphatic carbocycles. The van der Waals surface area contributed by atoms with Crippen LogP contribution in [-0.4, -0.2) is 88.7 Å². The Kier molecular flexibility index (Phi) is 11.1. The fraction of sp³-hybridized carbons (Fsp3) is 0.611. The number of carbonyl (C=O) groups is 5. The molecule has 180 valence electrons. The zero-order valence-electron chi connectivity index (χ0n) is 17.4. The van der Waals surface area contributed by atoms with Gasteiger partial charge in [-0.05, 0) is 13.3 Å². The average Bonchev–Trinajstić information content (AvgIpc) is 2.99. The van der Waals surface area contributed by atoms with Gasteiger partial charge in [0.1, 0.15) is 18.2 Å². The van der Waals surface area contributed by atoms with E-state index in [1.54, 1.807) is 6.92 Å². The fourth-order valence-electron chi connectivity index (χ4n) is 2.70. The Bertz CT molecular complexity index is 729. The Morgan fingerprint density at radius 3 is 2.47 bits per heavy atom. The number of carboxylic acids is 1. The van der Waals surface area contributed by atoms with Crippen LogP contribution in [0.3, 0.4) is 0 Å². The van der Waals surface area contributed by atoms with E-state index in [0.717, 1.165) is 12.3 Å². The van der Waals surface area contributed by atoms with Crippen molar-refractivity contribution in [3.63, 3.8) is 0 Å². The van der Waals surface area contributed by atoms with Crippen LogP contribution in [0.1, 0.15) is 26.2 Å². The number of aliphatic hydroxyl groups is 2. The molecule has 0 radical (unpaired) electrons. The molecule has 1 saturated heterocycles. The van der Waals surface area contributed by atoms with Gasteiger partial charge in [-0.15, -0.1) is 0 Å². The van der Waals surface area contributed by atoms with E-state index < -0.39 is 66.7 Å². The van der Waals surface area contributed by atoms with E-state index in [9.17, 15) is 34.2 Å². The lowest BCUT2D eigenvalue weighted by Gasteiger charge is -2.16. The average molecular weight is 460 g/mol. The van der Waals surface area contributed by atoms with E-state index in [4.69, 9.17) is 20.3 Å². The summed E-state index contributed by atoms with van der Waals surface area (Å²) in [4.78, 5) is 57.3. The van der Waals surface area contributed by atoms with Crippen LogP contribution in [0.5, 0.6) is 0 Å². The number of carboxylic acid groups (broad SMARTS) is 1. The van der Waals surface area contributed by atoms with Gasteiger partial charge in [-0.3, -0.25) is 19.2 Å². The molecule has 0 aromatic heterocycles. The van der Waals surface area contributed by atoms with E-state index in [2.05, 4.69) is 16.0 Å². The molecule has 14 heteroatoms. The zero-order valence-corrected chi connectivity index (χ0v) is 17.4. The first-order chi connectivity index (χ1) is 15.1. The zero-order chi connectivity index (χ0) is 24.3. The quantitative estimate of drug-likeness (QED) is 0.0808. The third-order valence-electron chi connectivity index (χ3n) is 4.19. The Hall–Kier alpha value is -3.23. The summed E-state index contributed by atoms with van der Waals surface area (Å²) in [6.45, 7) is 1.57. The number of rotatable bonds is 13. The van der Waals surface area contributed by atoms with Gasteiger partial charge in [0.05, 0.1) is 13.0 Å². The second kappa shape index (κ2) is 13.2. The number of aliphatic carboxylic acids is 1. The Balaban J connectivity index is 2.43. The molecule has 14 nitrogen and oxygen atoms in total. The van der Waals surface area contributed by atoms with Crippen molar-refractivity contribution in [2.75, 3.05) is 13.2 Å². The lowest BCUT2D eigenvalue weighted by atomic mass is 10.1. The largest absolute Gasteiger partial charge is 0.481 e. The SMILES string of the molecule is CCOC(=O)C(CC(=O)O)NC(=O)CCCNC(=O)[C@H]1O[C@@H](N/C=C\C(N)=O)[C@H](O)[C@@H]1O. The molecule has 1 aliphatic rings. The van der Waals surface area contributed by atoms with Crippen LogP contribution < -0.4 is 21.7 Å². The molecule has 0 saturated carbocycles. The second-order valence-corrected chi connectivity index (χ2v) is 6.73. The molecule has 1 fully saturated rings. The van der Waals surface area contributed by atoms with Crippen LogP contribution in [0.15, 0.2) is 12.3 Å². The van der Waals surface area contributed by atoms with Crippen molar-refractivity contribution in [3.05, 3.63) is 12.3 Å². The molecule has 3 amide bonds. The van der Waals surface area contributed by atoms with Gasteiger partial charge >= 0.3 is 11.9 Å². The number of primary amides is 1. The molecule has 0 spiro atoms. The normalized spacial score (nSPS) is 23.3. The summed E-state index contributed by atoms with van der Waals surface area (Å²) in [6.07, 6.45) is -4.12. The molecule has 1 heterocycles. The summed E-state index contributed by atoms with van der Waals surface area (Å²) < 4.78 is 9.95. The summed E-state index contributed by atoms with van der Waals surface area (Å²) in [5.74, 6) is -4.26. The van der Waals surface area contributed by atoms with Crippen molar-refractivity contribution in [3.8, 4) is 0 Å². The lowest BCUT2D eigenvalue weighted by Crippen LogP contribution is -2.44. The second-order valence-electron chi connectivity index (χ2n) is 6.73. The van der Waals surface area contributed by atoms with E-state index in [1.165, 1.54) is 0 Å². The summed E-state index contributed by atoms with van der Waals surface area (Å²) in [6, 6.07) is -1.33. The summed E-state index contributed by atoms with van der Waals surface area (Å²) >= 11 is 0. The Labute approximate surface area is 183 Å². The van der Waals surface area contributed by atoms with E-state index in [-0.39, 0.29) is 26.0 Å². The van der Waals surface area contributed by atoms with Crippen LogP contribution >= 0.6 is 0 Å². The van der Waals surface area contributed by atoms with Crippen molar-refractivity contribution >= 4 is 29.7 Å². The minimum absolute atomic E-state index is 0.00238. The Morgan fingerprint density at radius 1 is 1.19 bits per heavy atom. The highest BCUT2D eigenvalue weighted by atomic mass is 16.6. The smallest absolute Gasteiger partial charge is 0.329 e. The molecular formula is C18H28N4O10. The number of hydrogen-bond acceptors (Lipinski definition) is 10. The van der Waals surface area contributed by atoms with Crippen molar-refractivity contribution in [2.45, 2.75) is 56.8 Å². The van der Waals surface area contributed by atoms with Gasteiger partial charge in [0, 0.05) is 25.2 Å². The van der Waals surface area contributed by atoms with Crippen LogP contribution in [0.4, 0.5) is 0 Å². The first-order valence-electron chi connectivity index (χ1n) is 9.75. The maximum atomic E-state index is 12.2. The van der Waals surface area contributed by atoms with Crippen LogP contribution in [0, 0.1) is 0 Å². The first-order valence-corrected chi connectivity index (χ1v) is 9.75. The number of carbonyl (C=O) groups excluding carboxylic acids is 4. The number of nitrogens with two attached hydrogens (primary N) is 1. The van der Waals surface area contributed by atoms with Crippen LogP contribution in [-0.2, 0) is 33.4 Å². The molecule has 1 rings (SSSR count). The van der Waals surface area contributed by atoms with E-state index in [1.807, 2.05) is 0 Å². The third kappa shape index (κ3) is 8.87. The van der Waals surface area contributed by atoms with Crippen LogP contribution in [0.25, 0.3) is 0 Å². The molecule has 0 aromatic carbocycles. The highest BCUT2D eigenvalue weighted by Gasteiger charge is 2.46. The number of amides is 3. The number of nitrogens with one attached hydrogen (secondary N) is 3. The van der Waals surface area contributed by atoms with Gasteiger partial charge in [0.15, 0.2) is 12.3 Å². The molecule has 0 aromatic rings. The first kappa shape index (κ1) is 26.8. The monoisotopic (exact) mass is 460 g/mol. The van der Waals surface area contributed by atoms with Crippen molar-refractivity contribution in [1.82, 2.24) is 16.0 Å². The van der Waals surface area contributed by atoms with Gasteiger partial charge in [-0.25, -0.2) is 4.79 Å². The van der Waals surface area contributed by atoms with E-state index >= 15 is 0 Å². The number of esters is 1. The maximum Gasteiger partial charge on any atom is 0.329 e. The standard InChI is InChI=1S/C18H28N4O10/c1-2-31-18(30)9(8-12(25)26)22-11(24)4-3-6-20-16(29)15-13(27)14(28)17(32-15)21-7-5-10(19)23/h5,7,9,13-15,17,21,27-28H,2-4,6,8H2,1H3,(H2,19,23)(H,20,29)(H,22,24)(H,25,26)/b7-5-/t9?,13-,14+,15-,17+/m0/s1. The maximum absolute atomic E-state index is 12.2. The highest BCUT2D eigenvalue weighted by molar-refractivity contribution is 5.88. The van der Waals surface area contributed by atoms with E-state index in [0.29, 0.717) is 0 Å². The summed E-state index contributed by atoms with van der Waals surface area (Å²) in [5, 5.41) is 35.9. The highest BCUT2D eigenvalue weighted by Crippen LogP contribution is 2.20. The molecule has 32 heavy (non-hydrogen) atoms. The van der Waals surface area contributed by atoms with Crippen molar-refractivity contribution < 1.29 is 48.8 Å². The minimum atomic E-state index is -1.54. The van der Waals surface area contributed by atoms with Gasteiger partial charge in [-0.1, -0.05) is 0 Å². The topological polar surface area (TPSA) is 227 Å². The molecule has 8 N–H and O–H groups in total. The number of aliphatic hydroxyl groups excluding tert-OH is 2. The van der Waals surface area contributed by atoms with Gasteiger partial charge in [-0.2, -0.15) is 0 Å². The summed E-state index contributed by atoms with van der Waals surface area (Å²) in [5.41, 5.74) is 4.92. The van der Waals surface area contributed by atoms with Crippen molar-refractivity contribution in [1.29, 1.82) is 0 Å². The molecular weight excluding hydrogens is 432 g/mol. The molecule has 1 unspecified atom stereocenters. The van der Waals surface area contributed by atoms with Crippen molar-refractivity contribution in [2.24, 2.45) is 5.73 Å². The third-order valence-corrected chi connectivity index (χ3v) is 4.19. The molecule has 1 aliphatic heterocycles. The number of hydrogen-bond donors (Lipinski definition) is 7. The Morgan fingerprint density at radius 2 is 1.88 bits per heavy atom. The molecule has 5 atom stereocenters. The molecule has 0 bridgehead atoms. The predicted octanol–water partition coefficient (Wildman–Crippen LogP) is -3.56. The van der Waals surface area contributed by atoms with Gasteiger partial charge in [0.2, 0.25) is 11.8 Å². The minimum Gasteiger partial charge on any atom is -0.481 e. The fourth-order valence-corrected chi connectivity index (χ4v) is 2.70.